The van der Waals surface area contributed by atoms with Crippen LogP contribution in [0.15, 0.2) is 0 Å². The van der Waals surface area contributed by atoms with Crippen LogP contribution in [0.1, 0.15) is 32.6 Å². The molecule has 17 heavy (non-hydrogen) atoms. The van der Waals surface area contributed by atoms with Crippen LogP contribution in [-0.4, -0.2) is 62.7 Å². The molecule has 2 aliphatic rings. The molecule has 3 heteroatoms. The van der Waals surface area contributed by atoms with Crippen LogP contribution in [0.3, 0.4) is 0 Å². The van der Waals surface area contributed by atoms with E-state index >= 15 is 0 Å². The third-order valence-electron chi connectivity index (χ3n) is 4.58. The van der Waals surface area contributed by atoms with Gasteiger partial charge in [-0.25, -0.2) is 0 Å². The Morgan fingerprint density at radius 2 is 2.00 bits per heavy atom. The second-order valence-electron chi connectivity index (χ2n) is 6.56. The van der Waals surface area contributed by atoms with E-state index in [-0.39, 0.29) is 0 Å². The third-order valence-corrected chi connectivity index (χ3v) is 4.58. The van der Waals surface area contributed by atoms with Gasteiger partial charge in [-0.1, -0.05) is 6.92 Å². The molecule has 2 heterocycles. The van der Waals surface area contributed by atoms with Gasteiger partial charge < -0.3 is 15.1 Å². The third kappa shape index (κ3) is 3.67. The number of nitrogens with zero attached hydrogens (tertiary/aromatic N) is 2. The largest absolute Gasteiger partial charge is 0.316 e. The number of rotatable bonds is 3. The van der Waals surface area contributed by atoms with Crippen molar-refractivity contribution in [2.24, 2.45) is 5.41 Å². The highest BCUT2D eigenvalue weighted by molar-refractivity contribution is 4.86. The molecule has 3 nitrogen and oxygen atoms in total. The fourth-order valence-electron chi connectivity index (χ4n) is 3.39. The average molecular weight is 239 g/mol. The number of hydrogen-bond donors (Lipinski definition) is 1. The van der Waals surface area contributed by atoms with E-state index in [1.807, 2.05) is 0 Å². The summed E-state index contributed by atoms with van der Waals surface area (Å²) in [5, 5.41) is 3.56. The smallest absolute Gasteiger partial charge is 0.0113 e. The molecule has 100 valence electrons. The molecule has 1 atom stereocenters. The molecule has 0 saturated carbocycles. The van der Waals surface area contributed by atoms with Crippen molar-refractivity contribution >= 4 is 0 Å². The summed E-state index contributed by atoms with van der Waals surface area (Å²) in [7, 11) is 4.43. The van der Waals surface area contributed by atoms with Gasteiger partial charge >= 0.3 is 0 Å². The summed E-state index contributed by atoms with van der Waals surface area (Å²) >= 11 is 0. The monoisotopic (exact) mass is 239 g/mol. The van der Waals surface area contributed by atoms with Crippen LogP contribution in [0.5, 0.6) is 0 Å². The molecule has 2 rings (SSSR count). The summed E-state index contributed by atoms with van der Waals surface area (Å²) in [5.74, 6) is 0. The van der Waals surface area contributed by atoms with Gasteiger partial charge in [0, 0.05) is 19.1 Å². The summed E-state index contributed by atoms with van der Waals surface area (Å²) in [6.45, 7) is 8.76. The second kappa shape index (κ2) is 5.68. The number of nitrogens with one attached hydrogen (secondary N) is 1. The minimum Gasteiger partial charge on any atom is -0.316 e. The van der Waals surface area contributed by atoms with Gasteiger partial charge in [-0.15, -0.1) is 0 Å². The van der Waals surface area contributed by atoms with Crippen molar-refractivity contribution in [2.45, 2.75) is 38.6 Å². The van der Waals surface area contributed by atoms with E-state index in [2.05, 4.69) is 36.1 Å². The van der Waals surface area contributed by atoms with Crippen LogP contribution in [-0.2, 0) is 0 Å². The zero-order valence-corrected chi connectivity index (χ0v) is 11.8. The van der Waals surface area contributed by atoms with Crippen LogP contribution < -0.4 is 5.32 Å². The standard InChI is InChI=1S/C14H29N3/c1-14(7-4-8-15-11-14)12-17-9-5-13(6-10-17)16(2)3/h13,15H,4-12H2,1-3H3. The molecule has 0 radical (unpaired) electrons. The zero-order chi connectivity index (χ0) is 12.3. The normalized spacial score (nSPS) is 33.2. The first-order valence-corrected chi connectivity index (χ1v) is 7.19. The first kappa shape index (κ1) is 13.3. The van der Waals surface area contributed by atoms with Gasteiger partial charge in [-0.3, -0.25) is 0 Å². The van der Waals surface area contributed by atoms with E-state index in [1.54, 1.807) is 0 Å². The predicted molar refractivity (Wildman–Crippen MR) is 73.4 cm³/mol. The average Bonchev–Trinajstić information content (AvgIpc) is 2.30. The minimum atomic E-state index is 0.517. The van der Waals surface area contributed by atoms with Crippen molar-refractivity contribution in [3.05, 3.63) is 0 Å². The minimum absolute atomic E-state index is 0.517. The molecular weight excluding hydrogens is 210 g/mol. The van der Waals surface area contributed by atoms with Crippen LogP contribution in [0.2, 0.25) is 0 Å². The first-order chi connectivity index (χ1) is 8.09. The van der Waals surface area contributed by atoms with Crippen molar-refractivity contribution in [1.29, 1.82) is 0 Å². The van der Waals surface area contributed by atoms with Gasteiger partial charge in [0.25, 0.3) is 0 Å². The maximum absolute atomic E-state index is 3.56. The molecule has 0 aliphatic carbocycles. The summed E-state index contributed by atoms with van der Waals surface area (Å²) in [5.41, 5.74) is 0.517. The molecule has 2 aliphatic heterocycles. The maximum Gasteiger partial charge on any atom is 0.0113 e. The van der Waals surface area contributed by atoms with E-state index in [9.17, 15) is 0 Å². The SMILES string of the molecule is CN(C)C1CCN(CC2(C)CCCNC2)CC1. The molecule has 2 saturated heterocycles. The maximum atomic E-state index is 3.56. The van der Waals surface area contributed by atoms with Gasteiger partial charge in [0.1, 0.15) is 0 Å². The summed E-state index contributed by atoms with van der Waals surface area (Å²) in [6.07, 6.45) is 5.44. The Kier molecular flexibility index (Phi) is 4.45. The van der Waals surface area contributed by atoms with Gasteiger partial charge in [-0.2, -0.15) is 0 Å². The van der Waals surface area contributed by atoms with Crippen molar-refractivity contribution in [3.63, 3.8) is 0 Å². The van der Waals surface area contributed by atoms with Crippen molar-refractivity contribution < 1.29 is 0 Å². The van der Waals surface area contributed by atoms with Gasteiger partial charge in [0.05, 0.1) is 0 Å². The zero-order valence-electron chi connectivity index (χ0n) is 11.8. The van der Waals surface area contributed by atoms with Gasteiger partial charge in [0.15, 0.2) is 0 Å². The highest BCUT2D eigenvalue weighted by atomic mass is 15.2. The van der Waals surface area contributed by atoms with Crippen molar-refractivity contribution in [2.75, 3.05) is 46.8 Å². The Bertz CT molecular complexity index is 226. The molecule has 0 spiro atoms. The lowest BCUT2D eigenvalue weighted by atomic mass is 9.82. The summed E-state index contributed by atoms with van der Waals surface area (Å²) in [6, 6.07) is 0.809. The molecule has 0 amide bonds. The molecule has 2 fully saturated rings. The highest BCUT2D eigenvalue weighted by Gasteiger charge is 2.30. The fraction of sp³-hybridized carbons (Fsp3) is 1.00. The Balaban J connectivity index is 1.77. The Morgan fingerprint density at radius 3 is 2.53 bits per heavy atom. The molecule has 1 unspecified atom stereocenters. The second-order valence-corrected chi connectivity index (χ2v) is 6.56. The molecule has 0 bridgehead atoms. The summed E-state index contributed by atoms with van der Waals surface area (Å²) in [4.78, 5) is 5.08. The summed E-state index contributed by atoms with van der Waals surface area (Å²) < 4.78 is 0. The molecular formula is C14H29N3. The lowest BCUT2D eigenvalue weighted by Crippen LogP contribution is -2.49. The molecule has 0 aromatic heterocycles. The highest BCUT2D eigenvalue weighted by Crippen LogP contribution is 2.28. The van der Waals surface area contributed by atoms with Crippen molar-refractivity contribution in [3.8, 4) is 0 Å². The molecule has 0 aromatic rings. The lowest BCUT2D eigenvalue weighted by molar-refractivity contribution is 0.0874. The van der Waals surface area contributed by atoms with Crippen LogP contribution in [0.4, 0.5) is 0 Å². The van der Waals surface area contributed by atoms with E-state index in [4.69, 9.17) is 0 Å². The van der Waals surface area contributed by atoms with Crippen LogP contribution >= 0.6 is 0 Å². The Hall–Kier alpha value is -0.120. The van der Waals surface area contributed by atoms with Crippen molar-refractivity contribution in [1.82, 2.24) is 15.1 Å². The van der Waals surface area contributed by atoms with Crippen LogP contribution in [0.25, 0.3) is 0 Å². The quantitative estimate of drug-likeness (QED) is 0.803. The first-order valence-electron chi connectivity index (χ1n) is 7.19. The Labute approximate surface area is 107 Å². The molecule has 0 aromatic carbocycles. The number of hydrogen-bond acceptors (Lipinski definition) is 3. The van der Waals surface area contributed by atoms with Gasteiger partial charge in [-0.05, 0) is 64.8 Å². The van der Waals surface area contributed by atoms with E-state index in [0.717, 1.165) is 6.04 Å². The Morgan fingerprint density at radius 1 is 1.29 bits per heavy atom. The molecule has 1 N–H and O–H groups in total. The number of likely N-dealkylation sites (tertiary alicyclic amines) is 1. The van der Waals surface area contributed by atoms with E-state index in [1.165, 1.54) is 58.4 Å². The fourth-order valence-corrected chi connectivity index (χ4v) is 3.39. The van der Waals surface area contributed by atoms with E-state index < -0.39 is 0 Å². The van der Waals surface area contributed by atoms with Gasteiger partial charge in [0.2, 0.25) is 0 Å². The number of piperidine rings is 2. The van der Waals surface area contributed by atoms with Crippen LogP contribution in [0, 0.1) is 5.41 Å². The predicted octanol–water partition coefficient (Wildman–Crippen LogP) is 1.40. The van der Waals surface area contributed by atoms with E-state index in [0.29, 0.717) is 5.41 Å². The lowest BCUT2D eigenvalue weighted by Gasteiger charge is -2.42. The topological polar surface area (TPSA) is 18.5 Å².